The zero-order valence-corrected chi connectivity index (χ0v) is 15.9. The number of amides is 1. The lowest BCUT2D eigenvalue weighted by molar-refractivity contribution is -0.133. The monoisotopic (exact) mass is 378 g/mol. The molecule has 1 saturated carbocycles. The first kappa shape index (κ1) is 17.4. The van der Waals surface area contributed by atoms with Gasteiger partial charge < -0.3 is 9.32 Å². The lowest BCUT2D eigenvalue weighted by Crippen LogP contribution is -2.39. The van der Waals surface area contributed by atoms with Gasteiger partial charge in [0.15, 0.2) is 11.5 Å². The number of hydrogen-bond acceptors (Lipinski definition) is 3. The first-order valence-electron chi connectivity index (χ1n) is 10.0. The fraction of sp³-hybridized carbons (Fsp3) is 0.391. The molecule has 0 bridgehead atoms. The fourth-order valence-electron chi connectivity index (χ4n) is 4.43. The molecule has 1 saturated heterocycles. The van der Waals surface area contributed by atoms with Gasteiger partial charge in [0.2, 0.25) is 5.91 Å². The third kappa shape index (κ3) is 3.09. The fourth-order valence-corrected chi connectivity index (χ4v) is 4.43. The summed E-state index contributed by atoms with van der Waals surface area (Å²) < 4.78 is 19.5. The summed E-state index contributed by atoms with van der Waals surface area (Å²) in [6.45, 7) is 3.49. The second kappa shape index (κ2) is 6.73. The summed E-state index contributed by atoms with van der Waals surface area (Å²) in [6.07, 6.45) is 2.57. The summed E-state index contributed by atoms with van der Waals surface area (Å²) in [5.41, 5.74) is 3.81. The maximum Gasteiger partial charge on any atom is 0.226 e. The Kier molecular flexibility index (Phi) is 4.18. The van der Waals surface area contributed by atoms with E-state index >= 15 is 0 Å². The molecule has 1 aromatic heterocycles. The largest absolute Gasteiger partial charge is 0.440 e. The van der Waals surface area contributed by atoms with Gasteiger partial charge in [-0.3, -0.25) is 4.79 Å². The number of rotatable bonds is 3. The SMILES string of the molecule is Cc1cccc2nc(C3CCN(C(=O)[C@H]4C[C@@H]4c4cccc(F)c4)CC3)oc12. The molecule has 144 valence electrons. The van der Waals surface area contributed by atoms with E-state index in [4.69, 9.17) is 4.42 Å². The van der Waals surface area contributed by atoms with Crippen molar-refractivity contribution >= 4 is 17.0 Å². The number of aryl methyl sites for hydroxylation is 1. The highest BCUT2D eigenvalue weighted by atomic mass is 19.1. The molecule has 5 rings (SSSR count). The summed E-state index contributed by atoms with van der Waals surface area (Å²) in [6, 6.07) is 12.6. The molecule has 0 N–H and O–H groups in total. The van der Waals surface area contributed by atoms with Gasteiger partial charge in [-0.2, -0.15) is 0 Å². The molecule has 2 aromatic carbocycles. The predicted molar refractivity (Wildman–Crippen MR) is 105 cm³/mol. The zero-order valence-electron chi connectivity index (χ0n) is 15.9. The first-order chi connectivity index (χ1) is 13.6. The van der Waals surface area contributed by atoms with Crippen molar-refractivity contribution in [2.75, 3.05) is 13.1 Å². The van der Waals surface area contributed by atoms with Crippen molar-refractivity contribution in [3.05, 3.63) is 65.3 Å². The molecular weight excluding hydrogens is 355 g/mol. The molecule has 4 nitrogen and oxygen atoms in total. The second-order valence-corrected chi connectivity index (χ2v) is 8.08. The summed E-state index contributed by atoms with van der Waals surface area (Å²) >= 11 is 0. The number of aromatic nitrogens is 1. The molecule has 2 heterocycles. The van der Waals surface area contributed by atoms with Gasteiger partial charge >= 0.3 is 0 Å². The van der Waals surface area contributed by atoms with Gasteiger partial charge in [-0.05, 0) is 61.4 Å². The highest BCUT2D eigenvalue weighted by Crippen LogP contribution is 2.49. The van der Waals surface area contributed by atoms with Crippen molar-refractivity contribution in [2.24, 2.45) is 5.92 Å². The Labute approximate surface area is 163 Å². The Morgan fingerprint density at radius 2 is 1.96 bits per heavy atom. The van der Waals surface area contributed by atoms with Crippen LogP contribution in [0.3, 0.4) is 0 Å². The number of hydrogen-bond donors (Lipinski definition) is 0. The van der Waals surface area contributed by atoms with Crippen LogP contribution in [0.25, 0.3) is 11.1 Å². The van der Waals surface area contributed by atoms with Gasteiger partial charge in [-0.15, -0.1) is 0 Å². The molecular formula is C23H23FN2O2. The average Bonchev–Trinajstić information content (AvgIpc) is 3.39. The smallest absolute Gasteiger partial charge is 0.226 e. The highest BCUT2D eigenvalue weighted by molar-refractivity contribution is 5.83. The van der Waals surface area contributed by atoms with E-state index < -0.39 is 0 Å². The van der Waals surface area contributed by atoms with E-state index in [-0.39, 0.29) is 29.5 Å². The van der Waals surface area contributed by atoms with Crippen molar-refractivity contribution in [3.63, 3.8) is 0 Å². The van der Waals surface area contributed by atoms with Gasteiger partial charge in [0.1, 0.15) is 11.3 Å². The van der Waals surface area contributed by atoms with Crippen LogP contribution in [0.1, 0.15) is 48.1 Å². The topological polar surface area (TPSA) is 46.3 Å². The third-order valence-electron chi connectivity index (χ3n) is 6.17. The minimum absolute atomic E-state index is 0.00493. The Hall–Kier alpha value is -2.69. The van der Waals surface area contributed by atoms with Gasteiger partial charge in [0.25, 0.3) is 0 Å². The molecule has 0 radical (unpaired) electrons. The number of para-hydroxylation sites is 1. The molecule has 0 unspecified atom stereocenters. The van der Waals surface area contributed by atoms with E-state index in [1.54, 1.807) is 12.1 Å². The molecule has 2 aliphatic rings. The van der Waals surface area contributed by atoms with Crippen molar-refractivity contribution in [1.29, 1.82) is 0 Å². The molecule has 5 heteroatoms. The molecule has 1 amide bonds. The summed E-state index contributed by atoms with van der Waals surface area (Å²) in [4.78, 5) is 19.5. The molecule has 2 fully saturated rings. The third-order valence-corrected chi connectivity index (χ3v) is 6.17. The van der Waals surface area contributed by atoms with Gasteiger partial charge in [-0.25, -0.2) is 9.37 Å². The number of carbonyl (C=O) groups is 1. The van der Waals surface area contributed by atoms with E-state index in [0.29, 0.717) is 0 Å². The van der Waals surface area contributed by atoms with Crippen LogP contribution in [0.15, 0.2) is 46.9 Å². The van der Waals surface area contributed by atoms with E-state index in [1.165, 1.54) is 6.07 Å². The predicted octanol–water partition coefficient (Wildman–Crippen LogP) is 4.79. The lowest BCUT2D eigenvalue weighted by atomic mass is 9.96. The van der Waals surface area contributed by atoms with E-state index in [9.17, 15) is 9.18 Å². The van der Waals surface area contributed by atoms with Crippen molar-refractivity contribution < 1.29 is 13.6 Å². The lowest BCUT2D eigenvalue weighted by Gasteiger charge is -2.31. The molecule has 28 heavy (non-hydrogen) atoms. The van der Waals surface area contributed by atoms with Crippen LogP contribution in [0.2, 0.25) is 0 Å². The summed E-state index contributed by atoms with van der Waals surface area (Å²) in [7, 11) is 0. The molecule has 1 aliphatic carbocycles. The Balaban J connectivity index is 1.22. The number of halogens is 1. The Morgan fingerprint density at radius 1 is 1.18 bits per heavy atom. The van der Waals surface area contributed by atoms with Crippen LogP contribution in [0.4, 0.5) is 4.39 Å². The van der Waals surface area contributed by atoms with Gasteiger partial charge in [-0.1, -0.05) is 24.3 Å². The maximum atomic E-state index is 13.4. The number of carbonyl (C=O) groups excluding carboxylic acids is 1. The van der Waals surface area contributed by atoms with Crippen LogP contribution in [-0.4, -0.2) is 28.9 Å². The number of benzene rings is 2. The van der Waals surface area contributed by atoms with Crippen LogP contribution >= 0.6 is 0 Å². The second-order valence-electron chi connectivity index (χ2n) is 8.08. The highest BCUT2D eigenvalue weighted by Gasteiger charge is 2.46. The zero-order chi connectivity index (χ0) is 19.3. The number of piperidine rings is 1. The number of nitrogens with zero attached hydrogens (tertiary/aromatic N) is 2. The van der Waals surface area contributed by atoms with Crippen molar-refractivity contribution in [3.8, 4) is 0 Å². The van der Waals surface area contributed by atoms with Gasteiger partial charge in [0.05, 0.1) is 0 Å². The summed E-state index contributed by atoms with van der Waals surface area (Å²) in [5, 5.41) is 0. The molecule has 2 atom stereocenters. The van der Waals surface area contributed by atoms with Gasteiger partial charge in [0, 0.05) is 24.9 Å². The van der Waals surface area contributed by atoms with Crippen LogP contribution in [-0.2, 0) is 4.79 Å². The molecule has 3 aromatic rings. The quantitative estimate of drug-likeness (QED) is 0.659. The molecule has 1 aliphatic heterocycles. The summed E-state index contributed by atoms with van der Waals surface area (Å²) in [5.74, 6) is 1.20. The minimum atomic E-state index is -0.231. The maximum absolute atomic E-state index is 13.4. The number of fused-ring (bicyclic) bond motifs is 1. The van der Waals surface area contributed by atoms with E-state index in [0.717, 1.165) is 60.5 Å². The van der Waals surface area contributed by atoms with Crippen LogP contribution in [0.5, 0.6) is 0 Å². The first-order valence-corrected chi connectivity index (χ1v) is 10.0. The Morgan fingerprint density at radius 3 is 2.71 bits per heavy atom. The average molecular weight is 378 g/mol. The van der Waals surface area contributed by atoms with Crippen molar-refractivity contribution in [1.82, 2.24) is 9.88 Å². The van der Waals surface area contributed by atoms with Crippen molar-refractivity contribution in [2.45, 2.75) is 38.0 Å². The normalized spacial score (nSPS) is 22.6. The van der Waals surface area contributed by atoms with E-state index in [2.05, 4.69) is 4.98 Å². The van der Waals surface area contributed by atoms with E-state index in [1.807, 2.05) is 36.1 Å². The minimum Gasteiger partial charge on any atom is -0.440 e. The number of oxazole rings is 1. The molecule has 0 spiro atoms. The standard InChI is InChI=1S/C23H23FN2O2/c1-14-4-2-7-20-21(14)28-22(25-20)15-8-10-26(11-9-15)23(27)19-13-18(19)16-5-3-6-17(24)12-16/h2-7,12,15,18-19H,8-11,13H2,1H3/t18-,19+/m1/s1. The van der Waals surface area contributed by atoms with Crippen LogP contribution < -0.4 is 0 Å². The number of likely N-dealkylation sites (tertiary alicyclic amines) is 1. The Bertz CT molecular complexity index is 1040. The van der Waals surface area contributed by atoms with Crippen LogP contribution in [0, 0.1) is 18.7 Å².